The van der Waals surface area contributed by atoms with Crippen LogP contribution in [0, 0.1) is 0 Å². The van der Waals surface area contributed by atoms with Gasteiger partial charge < -0.3 is 19.9 Å². The van der Waals surface area contributed by atoms with Gasteiger partial charge in [-0.2, -0.15) is 0 Å². The number of aliphatic hydroxyl groups excluding tert-OH is 1. The van der Waals surface area contributed by atoms with Crippen LogP contribution in [0.2, 0.25) is 0 Å². The van der Waals surface area contributed by atoms with Gasteiger partial charge in [0.2, 0.25) is 0 Å². The molecule has 2 aromatic rings. The average molecular weight is 371 g/mol. The summed E-state index contributed by atoms with van der Waals surface area (Å²) in [5.74, 6) is -0.471. The fraction of sp³-hybridized carbons (Fsp3) is 0.333. The zero-order valence-electron chi connectivity index (χ0n) is 15.4. The van der Waals surface area contributed by atoms with E-state index in [1.807, 2.05) is 30.3 Å². The van der Waals surface area contributed by atoms with Crippen LogP contribution < -0.4 is 10.1 Å². The molecule has 0 heterocycles. The van der Waals surface area contributed by atoms with E-state index in [1.54, 1.807) is 24.3 Å². The number of hydrogen-bond donors (Lipinski definition) is 2. The van der Waals surface area contributed by atoms with Crippen molar-refractivity contribution in [3.63, 3.8) is 0 Å². The molecule has 144 valence electrons. The second-order valence-corrected chi connectivity index (χ2v) is 6.03. The normalized spacial score (nSPS) is 11.5. The molecule has 1 amide bonds. The van der Waals surface area contributed by atoms with Crippen LogP contribution >= 0.6 is 0 Å². The Labute approximate surface area is 159 Å². The molecule has 2 N–H and O–H groups in total. The molecule has 0 saturated heterocycles. The maximum absolute atomic E-state index is 12.3. The van der Waals surface area contributed by atoms with E-state index in [9.17, 15) is 14.7 Å². The summed E-state index contributed by atoms with van der Waals surface area (Å²) in [7, 11) is 0. The number of unbranched alkanes of at least 4 members (excludes halogenated alkanes) is 1. The number of amides is 1. The van der Waals surface area contributed by atoms with Crippen molar-refractivity contribution in [2.75, 3.05) is 13.2 Å². The molecule has 0 unspecified atom stereocenters. The Morgan fingerprint density at radius 3 is 2.41 bits per heavy atom. The highest BCUT2D eigenvalue weighted by atomic mass is 16.5. The van der Waals surface area contributed by atoms with Crippen molar-refractivity contribution in [3.8, 4) is 5.75 Å². The maximum Gasteiger partial charge on any atom is 0.331 e. The molecule has 2 rings (SSSR count). The van der Waals surface area contributed by atoms with Crippen LogP contribution in [0.4, 0.5) is 0 Å². The molecular formula is C21H25NO5. The van der Waals surface area contributed by atoms with Crippen molar-refractivity contribution in [1.82, 2.24) is 5.32 Å². The fourth-order valence-electron chi connectivity index (χ4n) is 2.29. The van der Waals surface area contributed by atoms with Gasteiger partial charge in [0.1, 0.15) is 12.4 Å². The van der Waals surface area contributed by atoms with Gasteiger partial charge in [-0.25, -0.2) is 4.79 Å². The number of nitrogens with one attached hydrogen (secondary N) is 1. The quantitative estimate of drug-likeness (QED) is 0.495. The number of ether oxygens (including phenoxy) is 2. The average Bonchev–Trinajstić information content (AvgIpc) is 2.71. The zero-order chi connectivity index (χ0) is 19.5. The van der Waals surface area contributed by atoms with Crippen LogP contribution in [0.1, 0.15) is 35.7 Å². The second kappa shape index (κ2) is 11.0. The molecule has 27 heavy (non-hydrogen) atoms. The maximum atomic E-state index is 12.3. The van der Waals surface area contributed by atoms with Gasteiger partial charge in [-0.15, -0.1) is 0 Å². The van der Waals surface area contributed by atoms with Crippen molar-refractivity contribution >= 4 is 11.9 Å². The minimum atomic E-state index is -1.12. The lowest BCUT2D eigenvalue weighted by Gasteiger charge is -2.15. The van der Waals surface area contributed by atoms with E-state index in [0.717, 1.165) is 18.4 Å². The van der Waals surface area contributed by atoms with Crippen molar-refractivity contribution in [3.05, 3.63) is 65.7 Å². The first-order chi connectivity index (χ1) is 13.1. The third-order valence-electron chi connectivity index (χ3n) is 3.88. The van der Waals surface area contributed by atoms with Crippen LogP contribution in [0.5, 0.6) is 5.75 Å². The number of rotatable bonds is 10. The summed E-state index contributed by atoms with van der Waals surface area (Å²) < 4.78 is 10.7. The first-order valence-corrected chi connectivity index (χ1v) is 8.99. The van der Waals surface area contributed by atoms with Gasteiger partial charge in [0.25, 0.3) is 5.91 Å². The number of esters is 1. The topological polar surface area (TPSA) is 84.9 Å². The molecule has 0 aliphatic heterocycles. The Kier molecular flexibility index (Phi) is 8.32. The summed E-state index contributed by atoms with van der Waals surface area (Å²) in [6.45, 7) is 2.24. The summed E-state index contributed by atoms with van der Waals surface area (Å²) >= 11 is 0. The molecule has 6 nitrogen and oxygen atoms in total. The lowest BCUT2D eigenvalue weighted by atomic mass is 10.2. The van der Waals surface area contributed by atoms with Crippen molar-refractivity contribution < 1.29 is 24.2 Å². The molecule has 0 aliphatic carbocycles. The van der Waals surface area contributed by atoms with E-state index in [1.165, 1.54) is 0 Å². The zero-order valence-corrected chi connectivity index (χ0v) is 15.4. The Bertz CT molecular complexity index is 715. The summed E-state index contributed by atoms with van der Waals surface area (Å²) in [5.41, 5.74) is 1.19. The summed E-state index contributed by atoms with van der Waals surface area (Å²) in [5, 5.41) is 11.9. The second-order valence-electron chi connectivity index (χ2n) is 6.03. The SMILES string of the molecule is CCCCOc1ccc(C(=O)N[C@@H](CO)C(=O)OCc2ccccc2)cc1. The molecular weight excluding hydrogens is 346 g/mol. The first-order valence-electron chi connectivity index (χ1n) is 8.99. The third kappa shape index (κ3) is 6.75. The lowest BCUT2D eigenvalue weighted by molar-refractivity contribution is -0.148. The van der Waals surface area contributed by atoms with Crippen LogP contribution in [0.15, 0.2) is 54.6 Å². The highest BCUT2D eigenvalue weighted by Gasteiger charge is 2.22. The van der Waals surface area contributed by atoms with E-state index in [4.69, 9.17) is 9.47 Å². The summed E-state index contributed by atoms with van der Waals surface area (Å²) in [4.78, 5) is 24.4. The van der Waals surface area contributed by atoms with E-state index in [2.05, 4.69) is 12.2 Å². The molecule has 0 bridgehead atoms. The minimum Gasteiger partial charge on any atom is -0.494 e. The highest BCUT2D eigenvalue weighted by molar-refractivity contribution is 5.96. The number of hydrogen-bond acceptors (Lipinski definition) is 5. The van der Waals surface area contributed by atoms with Gasteiger partial charge >= 0.3 is 5.97 Å². The number of aliphatic hydroxyl groups is 1. The summed E-state index contributed by atoms with van der Waals surface area (Å²) in [6.07, 6.45) is 2.01. The molecule has 0 aromatic heterocycles. The number of carbonyl (C=O) groups is 2. The van der Waals surface area contributed by atoms with Crippen LogP contribution in [-0.4, -0.2) is 36.2 Å². The van der Waals surface area contributed by atoms with Gasteiger partial charge in [-0.05, 0) is 36.2 Å². The minimum absolute atomic E-state index is 0.0792. The van der Waals surface area contributed by atoms with Crippen molar-refractivity contribution in [1.29, 1.82) is 0 Å². The molecule has 0 spiro atoms. The standard InChI is InChI=1S/C21H25NO5/c1-2-3-13-26-18-11-9-17(10-12-18)20(24)22-19(14-23)21(25)27-15-16-7-5-4-6-8-16/h4-12,19,23H,2-3,13-15H2,1H3,(H,22,24)/t19-/m0/s1. The Morgan fingerprint density at radius 2 is 1.78 bits per heavy atom. The first kappa shape index (κ1) is 20.5. The largest absolute Gasteiger partial charge is 0.494 e. The van der Waals surface area contributed by atoms with Gasteiger partial charge in [0.15, 0.2) is 6.04 Å². The highest BCUT2D eigenvalue weighted by Crippen LogP contribution is 2.13. The predicted octanol–water partition coefficient (Wildman–Crippen LogP) is 2.70. The monoisotopic (exact) mass is 371 g/mol. The van der Waals surface area contributed by atoms with E-state index >= 15 is 0 Å². The molecule has 0 radical (unpaired) electrons. The number of benzene rings is 2. The Balaban J connectivity index is 1.86. The van der Waals surface area contributed by atoms with E-state index < -0.39 is 24.5 Å². The molecule has 0 saturated carbocycles. The fourth-order valence-corrected chi connectivity index (χ4v) is 2.29. The van der Waals surface area contributed by atoms with Crippen molar-refractivity contribution in [2.45, 2.75) is 32.4 Å². The number of carbonyl (C=O) groups excluding carboxylic acids is 2. The lowest BCUT2D eigenvalue weighted by Crippen LogP contribution is -2.44. The molecule has 0 fully saturated rings. The van der Waals surface area contributed by atoms with Gasteiger partial charge in [-0.3, -0.25) is 4.79 Å². The van der Waals surface area contributed by atoms with Gasteiger partial charge in [0, 0.05) is 5.56 Å². The Morgan fingerprint density at radius 1 is 1.07 bits per heavy atom. The van der Waals surface area contributed by atoms with Gasteiger partial charge in [-0.1, -0.05) is 43.7 Å². The van der Waals surface area contributed by atoms with Crippen molar-refractivity contribution in [2.24, 2.45) is 0 Å². The van der Waals surface area contributed by atoms with E-state index in [0.29, 0.717) is 17.9 Å². The van der Waals surface area contributed by atoms with Crippen LogP contribution in [0.3, 0.4) is 0 Å². The van der Waals surface area contributed by atoms with E-state index in [-0.39, 0.29) is 6.61 Å². The third-order valence-corrected chi connectivity index (χ3v) is 3.88. The van der Waals surface area contributed by atoms with Crippen LogP contribution in [-0.2, 0) is 16.1 Å². The molecule has 0 aliphatic rings. The van der Waals surface area contributed by atoms with Gasteiger partial charge in [0.05, 0.1) is 13.2 Å². The smallest absolute Gasteiger partial charge is 0.331 e. The van der Waals surface area contributed by atoms with Crippen LogP contribution in [0.25, 0.3) is 0 Å². The summed E-state index contributed by atoms with van der Waals surface area (Å²) in [6, 6.07) is 14.7. The predicted molar refractivity (Wildman–Crippen MR) is 101 cm³/mol. The molecule has 1 atom stereocenters. The molecule has 2 aromatic carbocycles. The molecule has 6 heteroatoms. The Hall–Kier alpha value is -2.86.